The van der Waals surface area contributed by atoms with Gasteiger partial charge < -0.3 is 23.7 Å². The van der Waals surface area contributed by atoms with Crippen molar-refractivity contribution in [3.63, 3.8) is 0 Å². The molecule has 46 heavy (non-hydrogen) atoms. The summed E-state index contributed by atoms with van der Waals surface area (Å²) in [6.45, 7) is 0.785. The molecule has 0 aliphatic carbocycles. The Morgan fingerprint density at radius 1 is 0.609 bits per heavy atom. The molecule has 234 valence electrons. The molecule has 0 amide bonds. The molecular weight excluding hydrogens is 596 g/mol. The molecule has 0 unspecified atom stereocenters. The topological polar surface area (TPSA) is 63.2 Å². The number of hydrogen-bond acceptors (Lipinski definition) is 7. The van der Waals surface area contributed by atoms with E-state index >= 15 is 0 Å². The predicted octanol–water partition coefficient (Wildman–Crippen LogP) is 9.06. The summed E-state index contributed by atoms with van der Waals surface area (Å²) in [5.74, 6) is 3.50. The summed E-state index contributed by atoms with van der Waals surface area (Å²) < 4.78 is 29.0. The lowest BCUT2D eigenvalue weighted by Gasteiger charge is -2.16. The molecular formula is C39H36O6S. The van der Waals surface area contributed by atoms with E-state index in [4.69, 9.17) is 23.7 Å². The summed E-state index contributed by atoms with van der Waals surface area (Å²) in [6.07, 6.45) is 3.32. The van der Waals surface area contributed by atoms with Crippen LogP contribution in [0.1, 0.15) is 32.6 Å². The number of methoxy groups -OCH3 is 3. The monoisotopic (exact) mass is 632 g/mol. The lowest BCUT2D eigenvalue weighted by Crippen LogP contribution is -2.04. The zero-order valence-electron chi connectivity index (χ0n) is 26.1. The van der Waals surface area contributed by atoms with Crippen LogP contribution in [0.5, 0.6) is 28.7 Å². The van der Waals surface area contributed by atoms with E-state index in [0.717, 1.165) is 28.0 Å². The zero-order chi connectivity index (χ0) is 32.1. The highest BCUT2D eigenvalue weighted by molar-refractivity contribution is 7.98. The smallest absolute Gasteiger partial charge is 0.190 e. The van der Waals surface area contributed by atoms with Gasteiger partial charge in [-0.3, -0.25) is 4.79 Å². The molecule has 0 saturated carbocycles. The first kappa shape index (κ1) is 32.3. The fourth-order valence-corrected chi connectivity index (χ4v) is 5.86. The summed E-state index contributed by atoms with van der Waals surface area (Å²) in [5.41, 5.74) is 4.41. The van der Waals surface area contributed by atoms with Crippen LogP contribution in [0.3, 0.4) is 0 Å². The van der Waals surface area contributed by atoms with Crippen LogP contribution < -0.4 is 23.7 Å². The summed E-state index contributed by atoms with van der Waals surface area (Å²) in [5, 5.41) is 0. The molecule has 0 spiro atoms. The van der Waals surface area contributed by atoms with Crippen LogP contribution in [0, 0.1) is 0 Å². The SMILES string of the molecule is COc1ccc(CSc2c(OC)ccc(OC)c2C(=O)C=Cc2ccc(OCc3ccccc3)c(OCc3ccccc3)c2)cc1. The highest BCUT2D eigenvalue weighted by atomic mass is 32.2. The average molecular weight is 633 g/mol. The number of hydrogen-bond donors (Lipinski definition) is 0. The van der Waals surface area contributed by atoms with E-state index in [1.807, 2.05) is 109 Å². The van der Waals surface area contributed by atoms with Gasteiger partial charge in [-0.25, -0.2) is 0 Å². The van der Waals surface area contributed by atoms with E-state index in [1.54, 1.807) is 39.5 Å². The van der Waals surface area contributed by atoms with Crippen LogP contribution >= 0.6 is 11.8 Å². The summed E-state index contributed by atoms with van der Waals surface area (Å²) >= 11 is 1.52. The number of ether oxygens (including phenoxy) is 5. The van der Waals surface area contributed by atoms with Gasteiger partial charge in [-0.1, -0.05) is 84.9 Å². The van der Waals surface area contributed by atoms with Crippen molar-refractivity contribution in [1.29, 1.82) is 0 Å². The number of ketones is 1. The minimum Gasteiger partial charge on any atom is -0.497 e. The molecule has 5 rings (SSSR count). The van der Waals surface area contributed by atoms with Gasteiger partial charge in [0.05, 0.1) is 31.8 Å². The molecule has 0 bridgehead atoms. The van der Waals surface area contributed by atoms with Gasteiger partial charge in [0.2, 0.25) is 0 Å². The van der Waals surface area contributed by atoms with Gasteiger partial charge in [0.15, 0.2) is 17.3 Å². The molecule has 6 nitrogen and oxygen atoms in total. The van der Waals surface area contributed by atoms with Gasteiger partial charge in [0.1, 0.15) is 30.5 Å². The van der Waals surface area contributed by atoms with Crippen LogP contribution in [0.4, 0.5) is 0 Å². The number of carbonyl (C=O) groups is 1. The van der Waals surface area contributed by atoms with E-state index in [2.05, 4.69) is 0 Å². The maximum Gasteiger partial charge on any atom is 0.190 e. The number of carbonyl (C=O) groups excluding carboxylic acids is 1. The summed E-state index contributed by atoms with van der Waals surface area (Å²) in [7, 11) is 4.80. The second-order valence-electron chi connectivity index (χ2n) is 10.3. The van der Waals surface area contributed by atoms with E-state index < -0.39 is 0 Å². The van der Waals surface area contributed by atoms with Gasteiger partial charge in [-0.15, -0.1) is 11.8 Å². The Kier molecular flexibility index (Phi) is 11.4. The zero-order valence-corrected chi connectivity index (χ0v) is 26.9. The van der Waals surface area contributed by atoms with E-state index in [9.17, 15) is 4.79 Å². The molecule has 0 N–H and O–H groups in total. The third-order valence-electron chi connectivity index (χ3n) is 7.18. The van der Waals surface area contributed by atoms with Crippen LogP contribution in [-0.2, 0) is 19.0 Å². The molecule has 0 aromatic heterocycles. The largest absolute Gasteiger partial charge is 0.497 e. The van der Waals surface area contributed by atoms with Gasteiger partial charge in [0.25, 0.3) is 0 Å². The van der Waals surface area contributed by atoms with E-state index in [-0.39, 0.29) is 5.78 Å². The second kappa shape index (κ2) is 16.3. The van der Waals surface area contributed by atoms with Gasteiger partial charge in [-0.2, -0.15) is 0 Å². The normalized spacial score (nSPS) is 10.8. The Bertz CT molecular complexity index is 1750. The molecule has 0 atom stereocenters. The lowest BCUT2D eigenvalue weighted by molar-refractivity contribution is 0.104. The maximum absolute atomic E-state index is 13.8. The Labute approximate surface area is 274 Å². The highest BCUT2D eigenvalue weighted by Gasteiger charge is 2.21. The van der Waals surface area contributed by atoms with Gasteiger partial charge in [0, 0.05) is 5.75 Å². The van der Waals surface area contributed by atoms with Gasteiger partial charge in [-0.05, 0) is 64.7 Å². The Balaban J connectivity index is 1.39. The van der Waals surface area contributed by atoms with Crippen molar-refractivity contribution < 1.29 is 28.5 Å². The molecule has 0 aliphatic rings. The lowest BCUT2D eigenvalue weighted by atomic mass is 10.1. The van der Waals surface area contributed by atoms with Crippen LogP contribution in [0.25, 0.3) is 6.08 Å². The first-order valence-electron chi connectivity index (χ1n) is 14.8. The van der Waals surface area contributed by atoms with Crippen molar-refractivity contribution in [3.05, 3.63) is 149 Å². The van der Waals surface area contributed by atoms with Crippen LogP contribution in [-0.4, -0.2) is 27.1 Å². The minimum atomic E-state index is -0.205. The van der Waals surface area contributed by atoms with Crippen molar-refractivity contribution in [2.24, 2.45) is 0 Å². The highest BCUT2D eigenvalue weighted by Crippen LogP contribution is 2.40. The van der Waals surface area contributed by atoms with Gasteiger partial charge >= 0.3 is 0 Å². The third-order valence-corrected chi connectivity index (χ3v) is 8.35. The molecule has 7 heteroatoms. The number of thioether (sulfide) groups is 1. The van der Waals surface area contributed by atoms with Crippen molar-refractivity contribution >= 4 is 23.6 Å². The van der Waals surface area contributed by atoms with Crippen molar-refractivity contribution in [2.45, 2.75) is 23.9 Å². The first-order chi connectivity index (χ1) is 22.6. The minimum absolute atomic E-state index is 0.205. The Hall–Kier alpha value is -5.14. The van der Waals surface area contributed by atoms with Crippen molar-refractivity contribution in [2.75, 3.05) is 21.3 Å². The molecule has 0 saturated heterocycles. The fraction of sp³-hybridized carbons (Fsp3) is 0.154. The molecule has 0 radical (unpaired) electrons. The van der Waals surface area contributed by atoms with Crippen LogP contribution in [0.2, 0.25) is 0 Å². The predicted molar refractivity (Wildman–Crippen MR) is 183 cm³/mol. The molecule has 0 aliphatic heterocycles. The first-order valence-corrected chi connectivity index (χ1v) is 15.8. The summed E-state index contributed by atoms with van der Waals surface area (Å²) in [6, 6.07) is 37.0. The van der Waals surface area contributed by atoms with Crippen molar-refractivity contribution in [3.8, 4) is 28.7 Å². The number of rotatable bonds is 15. The quantitative estimate of drug-likeness (QED) is 0.0648. The molecule has 5 aromatic rings. The third kappa shape index (κ3) is 8.52. The number of allylic oxidation sites excluding steroid dienone is 1. The van der Waals surface area contributed by atoms with E-state index in [1.165, 1.54) is 11.8 Å². The standard InChI is InChI=1S/C39H36O6S/c1-41-32-18-14-31(15-19-32)27-46-39-36(43-3)23-22-35(42-2)38(39)33(40)20-16-28-17-21-34(44-25-29-10-6-4-7-11-29)37(24-28)45-26-30-12-8-5-9-13-30/h4-24H,25-27H2,1-3H3. The van der Waals surface area contributed by atoms with Crippen LogP contribution in [0.15, 0.2) is 126 Å². The maximum atomic E-state index is 13.8. The van der Waals surface area contributed by atoms with Crippen molar-refractivity contribution in [1.82, 2.24) is 0 Å². The Morgan fingerprint density at radius 3 is 1.80 bits per heavy atom. The molecule has 0 fully saturated rings. The van der Waals surface area contributed by atoms with E-state index in [0.29, 0.717) is 52.4 Å². The molecule has 5 aromatic carbocycles. The number of benzene rings is 5. The average Bonchev–Trinajstić information content (AvgIpc) is 3.12. The summed E-state index contributed by atoms with van der Waals surface area (Å²) in [4.78, 5) is 14.5. The fourth-order valence-electron chi connectivity index (χ4n) is 4.72. The Morgan fingerprint density at radius 2 is 1.20 bits per heavy atom. The second-order valence-corrected chi connectivity index (χ2v) is 11.2. The molecule has 0 heterocycles.